The lowest BCUT2D eigenvalue weighted by atomic mass is 10.3. The Hall–Kier alpha value is -1.15. The van der Waals surface area contributed by atoms with E-state index in [1.807, 2.05) is 6.92 Å². The van der Waals surface area contributed by atoms with Crippen LogP contribution in [0.3, 0.4) is 0 Å². The van der Waals surface area contributed by atoms with Crippen LogP contribution < -0.4 is 21.3 Å². The van der Waals surface area contributed by atoms with E-state index in [2.05, 4.69) is 27.1 Å². The van der Waals surface area contributed by atoms with Gasteiger partial charge < -0.3 is 14.8 Å². The van der Waals surface area contributed by atoms with Crippen LogP contribution in [0.2, 0.25) is 0 Å². The summed E-state index contributed by atoms with van der Waals surface area (Å²) >= 11 is 4.65. The zero-order chi connectivity index (χ0) is 14.3. The van der Waals surface area contributed by atoms with Gasteiger partial charge in [0.2, 0.25) is 0 Å². The molecule has 1 aromatic rings. The molecule has 0 aliphatic carbocycles. The van der Waals surface area contributed by atoms with Gasteiger partial charge in [-0.15, -0.1) is 8.78 Å². The number of hydrogen-bond donors (Lipinski definition) is 3. The number of anilines is 1. The Morgan fingerprint density at radius 1 is 1.37 bits per heavy atom. The summed E-state index contributed by atoms with van der Waals surface area (Å²) < 4.78 is 34.3. The van der Waals surface area contributed by atoms with Crippen molar-refractivity contribution in [2.75, 3.05) is 18.6 Å². The molecular weight excluding hydrogens is 280 g/mol. The minimum absolute atomic E-state index is 0.0211. The highest BCUT2D eigenvalue weighted by molar-refractivity contribution is 6.20. The Balaban J connectivity index is 2.36. The van der Waals surface area contributed by atoms with Crippen LogP contribution in [0.4, 0.5) is 14.5 Å². The number of alkyl halides is 3. The van der Waals surface area contributed by atoms with Crippen molar-refractivity contribution >= 4 is 17.3 Å². The molecule has 108 valence electrons. The van der Waals surface area contributed by atoms with E-state index >= 15 is 0 Å². The smallest absolute Gasteiger partial charge is 0.420 e. The monoisotopic (exact) mass is 295 g/mol. The zero-order valence-corrected chi connectivity index (χ0v) is 11.1. The van der Waals surface area contributed by atoms with Gasteiger partial charge in [0.25, 0.3) is 0 Å². The van der Waals surface area contributed by atoms with Crippen LogP contribution in [0.25, 0.3) is 0 Å². The minimum Gasteiger partial charge on any atom is -0.420 e. The van der Waals surface area contributed by atoms with Crippen molar-refractivity contribution < 1.29 is 18.3 Å². The van der Waals surface area contributed by atoms with Gasteiger partial charge in [0.05, 0.1) is 6.10 Å². The fourth-order valence-corrected chi connectivity index (χ4v) is 1.36. The quantitative estimate of drug-likeness (QED) is 0.296. The summed E-state index contributed by atoms with van der Waals surface area (Å²) in [6, 6.07) is 5.91. The lowest BCUT2D eigenvalue weighted by Gasteiger charge is -2.14. The third-order valence-corrected chi connectivity index (χ3v) is 2.21. The van der Waals surface area contributed by atoms with E-state index in [9.17, 15) is 8.78 Å². The number of ether oxygens (including phenoxy) is 2. The molecule has 0 heterocycles. The Morgan fingerprint density at radius 3 is 2.53 bits per heavy atom. The summed E-state index contributed by atoms with van der Waals surface area (Å²) in [6.45, 7) is 2.66. The third-order valence-electron chi connectivity index (χ3n) is 2.14. The van der Waals surface area contributed by atoms with E-state index in [1.165, 1.54) is 12.1 Å². The molecule has 0 aliphatic heterocycles. The molecule has 0 fully saturated rings. The standard InChI is InChI=1S/C11H16ClF2N3O2/c1-8(6-17-15)18-7-16-9-2-4-10(5-3-9)19-11(12,13)14/h2-5,8,16-17H,6-7,15H2,1H3. The first-order valence-corrected chi connectivity index (χ1v) is 5.93. The molecule has 1 unspecified atom stereocenters. The van der Waals surface area contributed by atoms with Crippen molar-refractivity contribution in [3.8, 4) is 5.75 Å². The van der Waals surface area contributed by atoms with Crippen molar-refractivity contribution in [2.24, 2.45) is 5.84 Å². The zero-order valence-electron chi connectivity index (χ0n) is 10.3. The molecule has 0 bridgehead atoms. The fourth-order valence-electron chi connectivity index (χ4n) is 1.27. The lowest BCUT2D eigenvalue weighted by molar-refractivity contribution is -0.0964. The van der Waals surface area contributed by atoms with Crippen LogP contribution in [-0.2, 0) is 4.74 Å². The number of nitrogens with one attached hydrogen (secondary N) is 2. The molecule has 1 aromatic carbocycles. The number of rotatable bonds is 8. The van der Waals surface area contributed by atoms with Gasteiger partial charge >= 0.3 is 5.57 Å². The second kappa shape index (κ2) is 7.44. The average Bonchev–Trinajstić information content (AvgIpc) is 2.30. The molecule has 0 aromatic heterocycles. The van der Waals surface area contributed by atoms with Crippen LogP contribution in [0.1, 0.15) is 6.92 Å². The van der Waals surface area contributed by atoms with Gasteiger partial charge in [0, 0.05) is 23.8 Å². The second-order valence-electron chi connectivity index (χ2n) is 3.78. The van der Waals surface area contributed by atoms with E-state index in [-0.39, 0.29) is 18.6 Å². The van der Waals surface area contributed by atoms with Crippen LogP contribution in [0.5, 0.6) is 5.75 Å². The predicted octanol–water partition coefficient (Wildman–Crippen LogP) is 2.09. The number of halogens is 3. The van der Waals surface area contributed by atoms with E-state index in [0.717, 1.165) is 0 Å². The highest BCUT2D eigenvalue weighted by Gasteiger charge is 2.27. The summed E-state index contributed by atoms with van der Waals surface area (Å²) in [7, 11) is 0. The molecule has 0 saturated heterocycles. The molecule has 1 rings (SSSR count). The van der Waals surface area contributed by atoms with E-state index in [0.29, 0.717) is 12.2 Å². The summed E-state index contributed by atoms with van der Waals surface area (Å²) in [5, 5.41) is 2.96. The molecule has 0 aliphatic rings. The van der Waals surface area contributed by atoms with Crippen LogP contribution in [0.15, 0.2) is 24.3 Å². The Kier molecular flexibility index (Phi) is 6.23. The van der Waals surface area contributed by atoms with Crippen molar-refractivity contribution in [1.82, 2.24) is 5.43 Å². The van der Waals surface area contributed by atoms with Gasteiger partial charge in [-0.1, -0.05) is 0 Å². The highest BCUT2D eigenvalue weighted by Crippen LogP contribution is 2.25. The maximum Gasteiger partial charge on any atom is 0.487 e. The van der Waals surface area contributed by atoms with E-state index in [1.54, 1.807) is 12.1 Å². The maximum absolute atomic E-state index is 12.4. The third kappa shape index (κ3) is 7.12. The van der Waals surface area contributed by atoms with Gasteiger partial charge in [-0.05, 0) is 31.2 Å². The Labute approximate surface area is 115 Å². The molecule has 0 spiro atoms. The number of benzene rings is 1. The van der Waals surface area contributed by atoms with Crippen molar-refractivity contribution in [3.05, 3.63) is 24.3 Å². The Bertz CT molecular complexity index is 373. The number of hydrazine groups is 1. The molecule has 4 N–H and O–H groups in total. The number of hydrogen-bond acceptors (Lipinski definition) is 5. The first-order chi connectivity index (χ1) is 8.90. The summed E-state index contributed by atoms with van der Waals surface area (Å²) in [5.41, 5.74) is -0.507. The van der Waals surface area contributed by atoms with Crippen LogP contribution in [0, 0.1) is 0 Å². The molecule has 0 radical (unpaired) electrons. The first-order valence-electron chi connectivity index (χ1n) is 5.55. The molecule has 0 amide bonds. The highest BCUT2D eigenvalue weighted by atomic mass is 35.5. The van der Waals surface area contributed by atoms with E-state index < -0.39 is 5.57 Å². The van der Waals surface area contributed by atoms with Gasteiger partial charge in [0.1, 0.15) is 12.5 Å². The van der Waals surface area contributed by atoms with Crippen LogP contribution >= 0.6 is 11.6 Å². The van der Waals surface area contributed by atoms with Gasteiger partial charge in [-0.25, -0.2) is 0 Å². The minimum atomic E-state index is -3.71. The van der Waals surface area contributed by atoms with Crippen LogP contribution in [-0.4, -0.2) is 24.9 Å². The molecule has 5 nitrogen and oxygen atoms in total. The van der Waals surface area contributed by atoms with Gasteiger partial charge in [0.15, 0.2) is 0 Å². The number of nitrogens with two attached hydrogens (primary N) is 1. The molecule has 1 atom stereocenters. The molecule has 8 heteroatoms. The molecule has 19 heavy (non-hydrogen) atoms. The summed E-state index contributed by atoms with van der Waals surface area (Å²) in [5.74, 6) is 5.12. The molecular formula is C11H16ClF2N3O2. The normalized spacial score (nSPS) is 13.1. The largest absolute Gasteiger partial charge is 0.487 e. The SMILES string of the molecule is CC(CNN)OCNc1ccc(OC(F)(F)Cl)cc1. The van der Waals surface area contributed by atoms with Crippen molar-refractivity contribution in [3.63, 3.8) is 0 Å². The second-order valence-corrected chi connectivity index (χ2v) is 4.22. The maximum atomic E-state index is 12.4. The fraction of sp³-hybridized carbons (Fsp3) is 0.455. The van der Waals surface area contributed by atoms with E-state index in [4.69, 9.17) is 10.6 Å². The first kappa shape index (κ1) is 15.9. The summed E-state index contributed by atoms with van der Waals surface area (Å²) in [4.78, 5) is 0. The Morgan fingerprint density at radius 2 is 2.00 bits per heavy atom. The predicted molar refractivity (Wildman–Crippen MR) is 69.1 cm³/mol. The molecule has 0 saturated carbocycles. The topological polar surface area (TPSA) is 68.5 Å². The van der Waals surface area contributed by atoms with Gasteiger partial charge in [-0.2, -0.15) is 0 Å². The summed E-state index contributed by atoms with van der Waals surface area (Å²) in [6.07, 6.45) is -0.0463. The van der Waals surface area contributed by atoms with Crippen molar-refractivity contribution in [2.45, 2.75) is 18.6 Å². The average molecular weight is 296 g/mol. The van der Waals surface area contributed by atoms with Gasteiger partial charge in [-0.3, -0.25) is 11.3 Å². The van der Waals surface area contributed by atoms with Crippen molar-refractivity contribution in [1.29, 1.82) is 0 Å². The lowest BCUT2D eigenvalue weighted by Crippen LogP contribution is -2.32.